The Labute approximate surface area is 94.0 Å². The Balaban J connectivity index is 2.50. The molecule has 0 spiro atoms. The van der Waals surface area contributed by atoms with Gasteiger partial charge in [-0.05, 0) is 25.8 Å². The first-order valence-corrected chi connectivity index (χ1v) is 6.20. The largest absolute Gasteiger partial charge is 0.381 e. The zero-order chi connectivity index (χ0) is 11.3. The van der Waals surface area contributed by atoms with E-state index in [9.17, 15) is 0 Å². The summed E-state index contributed by atoms with van der Waals surface area (Å²) in [6.45, 7) is 7.13. The molecule has 1 aliphatic rings. The first-order valence-electron chi connectivity index (χ1n) is 6.20. The van der Waals surface area contributed by atoms with Crippen molar-refractivity contribution in [3.63, 3.8) is 0 Å². The Kier molecular flexibility index (Phi) is 5.58. The Hall–Kier alpha value is -0.120. The number of rotatable bonds is 5. The second-order valence-corrected chi connectivity index (χ2v) is 4.70. The van der Waals surface area contributed by atoms with E-state index in [1.54, 1.807) is 0 Å². The van der Waals surface area contributed by atoms with Gasteiger partial charge in [-0.1, -0.05) is 20.3 Å². The standard InChI is InChI=1S/C12H26N2O/c1-4-10(2)12(9-13)14(3)11-5-7-15-8-6-11/h10-12H,4-9,13H2,1-3H3. The molecule has 1 aliphatic heterocycles. The molecule has 15 heavy (non-hydrogen) atoms. The van der Waals surface area contributed by atoms with Gasteiger partial charge in [-0.2, -0.15) is 0 Å². The highest BCUT2D eigenvalue weighted by atomic mass is 16.5. The van der Waals surface area contributed by atoms with Crippen molar-refractivity contribution in [2.75, 3.05) is 26.8 Å². The first-order chi connectivity index (χ1) is 7.20. The lowest BCUT2D eigenvalue weighted by atomic mass is 9.95. The average molecular weight is 214 g/mol. The molecule has 0 aromatic heterocycles. The van der Waals surface area contributed by atoms with E-state index in [0.29, 0.717) is 18.0 Å². The monoisotopic (exact) mass is 214 g/mol. The molecular formula is C12H26N2O. The number of likely N-dealkylation sites (N-methyl/N-ethyl adjacent to an activating group) is 1. The van der Waals surface area contributed by atoms with E-state index in [1.165, 1.54) is 6.42 Å². The topological polar surface area (TPSA) is 38.5 Å². The minimum atomic E-state index is 0.526. The highest BCUT2D eigenvalue weighted by Gasteiger charge is 2.26. The van der Waals surface area contributed by atoms with Crippen molar-refractivity contribution < 1.29 is 4.74 Å². The average Bonchev–Trinajstić information content (AvgIpc) is 2.30. The van der Waals surface area contributed by atoms with Gasteiger partial charge in [0.1, 0.15) is 0 Å². The summed E-state index contributed by atoms with van der Waals surface area (Å²) in [4.78, 5) is 2.48. The summed E-state index contributed by atoms with van der Waals surface area (Å²) in [5, 5.41) is 0. The third-order valence-corrected chi connectivity index (χ3v) is 3.83. The maximum Gasteiger partial charge on any atom is 0.0480 e. The fourth-order valence-electron chi connectivity index (χ4n) is 2.44. The van der Waals surface area contributed by atoms with Gasteiger partial charge >= 0.3 is 0 Å². The molecule has 2 atom stereocenters. The first kappa shape index (κ1) is 12.9. The molecular weight excluding hydrogens is 188 g/mol. The summed E-state index contributed by atoms with van der Waals surface area (Å²) >= 11 is 0. The molecule has 0 aliphatic carbocycles. The van der Waals surface area contributed by atoms with Crippen molar-refractivity contribution >= 4 is 0 Å². The van der Waals surface area contributed by atoms with Crippen molar-refractivity contribution in [3.05, 3.63) is 0 Å². The summed E-state index contributed by atoms with van der Waals surface area (Å²) in [6, 6.07) is 1.19. The molecule has 1 saturated heterocycles. The molecule has 1 heterocycles. The van der Waals surface area contributed by atoms with Crippen LogP contribution in [0.3, 0.4) is 0 Å². The highest BCUT2D eigenvalue weighted by molar-refractivity contribution is 4.81. The minimum absolute atomic E-state index is 0.526. The van der Waals surface area contributed by atoms with Gasteiger partial charge in [0.15, 0.2) is 0 Å². The van der Waals surface area contributed by atoms with Crippen molar-refractivity contribution in [2.24, 2.45) is 11.7 Å². The van der Waals surface area contributed by atoms with Crippen LogP contribution in [0, 0.1) is 5.92 Å². The maximum absolute atomic E-state index is 5.88. The molecule has 2 unspecified atom stereocenters. The molecule has 90 valence electrons. The molecule has 3 nitrogen and oxygen atoms in total. The summed E-state index contributed by atoms with van der Waals surface area (Å²) < 4.78 is 5.39. The van der Waals surface area contributed by atoms with E-state index in [-0.39, 0.29) is 0 Å². The predicted molar refractivity (Wildman–Crippen MR) is 63.9 cm³/mol. The lowest BCUT2D eigenvalue weighted by molar-refractivity contribution is 0.0202. The number of hydrogen-bond donors (Lipinski definition) is 1. The third-order valence-electron chi connectivity index (χ3n) is 3.83. The SMILES string of the molecule is CCC(C)C(CN)N(C)C1CCOCC1. The van der Waals surface area contributed by atoms with Gasteiger partial charge in [0, 0.05) is 31.8 Å². The lowest BCUT2D eigenvalue weighted by Crippen LogP contribution is -2.49. The number of nitrogens with zero attached hydrogens (tertiary/aromatic N) is 1. The van der Waals surface area contributed by atoms with Crippen LogP contribution >= 0.6 is 0 Å². The van der Waals surface area contributed by atoms with Crippen LogP contribution in [0.1, 0.15) is 33.1 Å². The minimum Gasteiger partial charge on any atom is -0.381 e. The maximum atomic E-state index is 5.88. The lowest BCUT2D eigenvalue weighted by Gasteiger charge is -2.39. The molecule has 3 heteroatoms. The van der Waals surface area contributed by atoms with Gasteiger partial charge < -0.3 is 10.5 Å². The molecule has 0 aromatic rings. The zero-order valence-corrected chi connectivity index (χ0v) is 10.4. The van der Waals surface area contributed by atoms with Crippen LogP contribution in [-0.4, -0.2) is 43.8 Å². The van der Waals surface area contributed by atoms with Gasteiger partial charge in [0.2, 0.25) is 0 Å². The Morgan fingerprint density at radius 3 is 2.47 bits per heavy atom. The molecule has 0 bridgehead atoms. The van der Waals surface area contributed by atoms with E-state index >= 15 is 0 Å². The van der Waals surface area contributed by atoms with Crippen LogP contribution in [0.4, 0.5) is 0 Å². The van der Waals surface area contributed by atoms with Crippen LogP contribution in [-0.2, 0) is 4.74 Å². The fraction of sp³-hybridized carbons (Fsp3) is 1.00. The highest BCUT2D eigenvalue weighted by Crippen LogP contribution is 2.20. The van der Waals surface area contributed by atoms with Crippen LogP contribution in [0.15, 0.2) is 0 Å². The van der Waals surface area contributed by atoms with E-state index in [1.807, 2.05) is 0 Å². The van der Waals surface area contributed by atoms with Crippen molar-refractivity contribution in [2.45, 2.75) is 45.2 Å². The van der Waals surface area contributed by atoms with Gasteiger partial charge in [-0.3, -0.25) is 4.90 Å². The van der Waals surface area contributed by atoms with E-state index in [4.69, 9.17) is 10.5 Å². The molecule has 1 rings (SSSR count). The van der Waals surface area contributed by atoms with E-state index in [2.05, 4.69) is 25.8 Å². The smallest absolute Gasteiger partial charge is 0.0480 e. The number of nitrogens with two attached hydrogens (primary N) is 1. The van der Waals surface area contributed by atoms with Gasteiger partial charge in [0.25, 0.3) is 0 Å². The van der Waals surface area contributed by atoms with Gasteiger partial charge in [0.05, 0.1) is 0 Å². The molecule has 1 fully saturated rings. The van der Waals surface area contributed by atoms with Crippen LogP contribution in [0.2, 0.25) is 0 Å². The normalized spacial score (nSPS) is 23.0. The van der Waals surface area contributed by atoms with Crippen molar-refractivity contribution in [1.29, 1.82) is 0 Å². The van der Waals surface area contributed by atoms with E-state index < -0.39 is 0 Å². The van der Waals surface area contributed by atoms with Gasteiger partial charge in [-0.25, -0.2) is 0 Å². The summed E-state index contributed by atoms with van der Waals surface area (Å²) in [6.07, 6.45) is 3.52. The molecule has 2 N–H and O–H groups in total. The predicted octanol–water partition coefficient (Wildman–Crippen LogP) is 1.47. The summed E-state index contributed by atoms with van der Waals surface area (Å²) in [5.41, 5.74) is 5.88. The summed E-state index contributed by atoms with van der Waals surface area (Å²) in [7, 11) is 2.22. The molecule has 0 radical (unpaired) electrons. The summed E-state index contributed by atoms with van der Waals surface area (Å²) in [5.74, 6) is 0.683. The Morgan fingerprint density at radius 2 is 2.00 bits per heavy atom. The van der Waals surface area contributed by atoms with Gasteiger partial charge in [-0.15, -0.1) is 0 Å². The van der Waals surface area contributed by atoms with Crippen LogP contribution in [0.5, 0.6) is 0 Å². The Bertz CT molecular complexity index is 169. The van der Waals surface area contributed by atoms with Crippen molar-refractivity contribution in [3.8, 4) is 0 Å². The Morgan fingerprint density at radius 1 is 1.40 bits per heavy atom. The third kappa shape index (κ3) is 3.44. The second kappa shape index (κ2) is 6.46. The van der Waals surface area contributed by atoms with Crippen molar-refractivity contribution in [1.82, 2.24) is 4.90 Å². The quantitative estimate of drug-likeness (QED) is 0.753. The fourth-order valence-corrected chi connectivity index (χ4v) is 2.44. The zero-order valence-electron chi connectivity index (χ0n) is 10.4. The molecule has 0 amide bonds. The van der Waals surface area contributed by atoms with Crippen LogP contribution < -0.4 is 5.73 Å². The van der Waals surface area contributed by atoms with E-state index in [0.717, 1.165) is 32.6 Å². The second-order valence-electron chi connectivity index (χ2n) is 4.70. The molecule has 0 aromatic carbocycles. The number of ether oxygens (including phenoxy) is 1. The van der Waals surface area contributed by atoms with Crippen LogP contribution in [0.25, 0.3) is 0 Å². The molecule has 0 saturated carbocycles. The number of hydrogen-bond acceptors (Lipinski definition) is 3.